The molecule has 0 spiro atoms. The fourth-order valence-electron chi connectivity index (χ4n) is 1.69. The third-order valence-electron chi connectivity index (χ3n) is 3.58. The first-order valence-electron chi connectivity index (χ1n) is 10.3. The summed E-state index contributed by atoms with van der Waals surface area (Å²) in [5.74, 6) is -1.27. The Morgan fingerprint density at radius 3 is 1.69 bits per heavy atom. The van der Waals surface area contributed by atoms with Crippen LogP contribution in [0.4, 0.5) is 0 Å². The van der Waals surface area contributed by atoms with E-state index in [2.05, 4.69) is 43.2 Å². The topological polar surface area (TPSA) is 63.6 Å². The highest BCUT2D eigenvalue weighted by molar-refractivity contribution is 5.84. The highest BCUT2D eigenvalue weighted by Crippen LogP contribution is 2.08. The van der Waals surface area contributed by atoms with Gasteiger partial charge in [-0.2, -0.15) is 0 Å². The molecule has 0 radical (unpaired) electrons. The zero-order chi connectivity index (χ0) is 24.8. The molecule has 4 nitrogen and oxygen atoms in total. The highest BCUT2D eigenvalue weighted by atomic mass is 16.5. The van der Waals surface area contributed by atoms with Crippen LogP contribution in [0.2, 0.25) is 0 Å². The minimum absolute atomic E-state index is 0.176. The summed E-state index contributed by atoms with van der Waals surface area (Å²) in [4.78, 5) is 19.9. The molecule has 0 saturated carbocycles. The molecule has 0 atom stereocenters. The molecule has 4 heteroatoms. The van der Waals surface area contributed by atoms with Gasteiger partial charge in [0, 0.05) is 11.6 Å². The molecule has 0 heterocycles. The summed E-state index contributed by atoms with van der Waals surface area (Å²) in [5.41, 5.74) is 3.69. The number of ether oxygens (including phenoxy) is 1. The first-order chi connectivity index (χ1) is 15.2. The van der Waals surface area contributed by atoms with Crippen molar-refractivity contribution in [2.75, 3.05) is 6.61 Å². The lowest BCUT2D eigenvalue weighted by atomic mass is 10.1. The Balaban J connectivity index is 0. The number of hydrogen-bond acceptors (Lipinski definition) is 3. The maximum Gasteiger partial charge on any atom is 0.330 e. The SMILES string of the molecule is C=C(C)C(=O)O.C=C(C)c1ccccc1.C=CC(=O)OCCCC.C=Cc1ccccc1. The van der Waals surface area contributed by atoms with E-state index in [1.54, 1.807) is 0 Å². The lowest BCUT2D eigenvalue weighted by molar-refractivity contribution is -0.138. The Hall–Kier alpha value is -3.66. The molecule has 0 fully saturated rings. The molecule has 172 valence electrons. The second-order valence-electron chi connectivity index (χ2n) is 6.57. The van der Waals surface area contributed by atoms with Crippen molar-refractivity contribution in [3.63, 3.8) is 0 Å². The molecule has 2 aromatic carbocycles. The summed E-state index contributed by atoms with van der Waals surface area (Å²) >= 11 is 0. The molecule has 0 aromatic heterocycles. The van der Waals surface area contributed by atoms with E-state index in [0.29, 0.717) is 6.61 Å². The molecule has 0 saturated heterocycles. The third-order valence-corrected chi connectivity index (χ3v) is 3.58. The quantitative estimate of drug-likeness (QED) is 0.283. The highest BCUT2D eigenvalue weighted by Gasteiger charge is 1.91. The number of unbranched alkanes of at least 4 members (excludes halogenated alkanes) is 1. The van der Waals surface area contributed by atoms with E-state index < -0.39 is 5.97 Å². The zero-order valence-electron chi connectivity index (χ0n) is 19.5. The van der Waals surface area contributed by atoms with E-state index >= 15 is 0 Å². The molecule has 32 heavy (non-hydrogen) atoms. The van der Waals surface area contributed by atoms with Crippen LogP contribution in [0.5, 0.6) is 0 Å². The minimum atomic E-state index is -0.935. The summed E-state index contributed by atoms with van der Waals surface area (Å²) in [6.07, 6.45) is 4.99. The Morgan fingerprint density at radius 2 is 1.41 bits per heavy atom. The third kappa shape index (κ3) is 19.6. The van der Waals surface area contributed by atoms with Gasteiger partial charge in [0.05, 0.1) is 6.61 Å². The lowest BCUT2D eigenvalue weighted by Crippen LogP contribution is -2.00. The van der Waals surface area contributed by atoms with Crippen molar-refractivity contribution >= 4 is 23.6 Å². The molecule has 2 rings (SSSR count). The Kier molecular flexibility index (Phi) is 19.7. The Bertz CT molecular complexity index is 809. The first kappa shape index (κ1) is 30.5. The predicted molar refractivity (Wildman–Crippen MR) is 136 cm³/mol. The number of carboxylic acid groups (broad SMARTS) is 1. The lowest BCUT2D eigenvalue weighted by Gasteiger charge is -1.97. The van der Waals surface area contributed by atoms with Gasteiger partial charge in [0.15, 0.2) is 0 Å². The van der Waals surface area contributed by atoms with Gasteiger partial charge in [0.2, 0.25) is 0 Å². The van der Waals surface area contributed by atoms with Crippen molar-refractivity contribution in [1.82, 2.24) is 0 Å². The summed E-state index contributed by atoms with van der Waals surface area (Å²) < 4.78 is 4.67. The average Bonchev–Trinajstić information content (AvgIpc) is 2.81. The average molecular weight is 437 g/mol. The van der Waals surface area contributed by atoms with Gasteiger partial charge in [-0.15, -0.1) is 0 Å². The van der Waals surface area contributed by atoms with E-state index in [1.165, 1.54) is 24.1 Å². The Labute approximate surface area is 193 Å². The van der Waals surface area contributed by atoms with Gasteiger partial charge in [-0.1, -0.05) is 112 Å². The Morgan fingerprint density at radius 1 is 0.938 bits per heavy atom. The van der Waals surface area contributed by atoms with Crippen molar-refractivity contribution in [1.29, 1.82) is 0 Å². The molecule has 1 N–H and O–H groups in total. The monoisotopic (exact) mass is 436 g/mol. The number of hydrogen-bond donors (Lipinski definition) is 1. The number of benzene rings is 2. The molecular formula is C28H36O4. The van der Waals surface area contributed by atoms with E-state index in [-0.39, 0.29) is 11.5 Å². The number of rotatable bonds is 7. The molecule has 0 amide bonds. The molecular weight excluding hydrogens is 400 g/mol. The molecule has 0 aliphatic rings. The van der Waals surface area contributed by atoms with E-state index in [0.717, 1.165) is 18.4 Å². The molecule has 0 unspecified atom stereocenters. The van der Waals surface area contributed by atoms with Crippen LogP contribution in [0, 0.1) is 0 Å². The van der Waals surface area contributed by atoms with Crippen molar-refractivity contribution in [3.05, 3.63) is 110 Å². The van der Waals surface area contributed by atoms with Crippen LogP contribution in [0.1, 0.15) is 44.7 Å². The summed E-state index contributed by atoms with van der Waals surface area (Å²) in [7, 11) is 0. The van der Waals surface area contributed by atoms with Gasteiger partial charge in [-0.05, 0) is 31.4 Å². The van der Waals surface area contributed by atoms with Crippen LogP contribution in [-0.4, -0.2) is 23.7 Å². The summed E-state index contributed by atoms with van der Waals surface area (Å²) in [6.45, 7) is 19.9. The second-order valence-corrected chi connectivity index (χ2v) is 6.57. The van der Waals surface area contributed by atoms with Gasteiger partial charge in [0.25, 0.3) is 0 Å². The van der Waals surface area contributed by atoms with E-state index in [4.69, 9.17) is 5.11 Å². The molecule has 0 aliphatic carbocycles. The normalized spacial score (nSPS) is 8.47. The number of allylic oxidation sites excluding steroid dienone is 1. The fraction of sp³-hybridized carbons (Fsp3) is 0.214. The van der Waals surface area contributed by atoms with Gasteiger partial charge in [-0.3, -0.25) is 0 Å². The van der Waals surface area contributed by atoms with Crippen LogP contribution in [-0.2, 0) is 14.3 Å². The summed E-state index contributed by atoms with van der Waals surface area (Å²) in [6, 6.07) is 20.2. The number of aliphatic carboxylic acids is 1. The number of carbonyl (C=O) groups excluding carboxylic acids is 1. The van der Waals surface area contributed by atoms with Crippen molar-refractivity contribution < 1.29 is 19.4 Å². The van der Waals surface area contributed by atoms with Gasteiger partial charge < -0.3 is 9.84 Å². The van der Waals surface area contributed by atoms with Gasteiger partial charge in [0.1, 0.15) is 0 Å². The molecule has 0 bridgehead atoms. The van der Waals surface area contributed by atoms with Crippen LogP contribution in [0.25, 0.3) is 11.6 Å². The second kappa shape index (κ2) is 20.6. The van der Waals surface area contributed by atoms with Crippen LogP contribution in [0.3, 0.4) is 0 Å². The largest absolute Gasteiger partial charge is 0.478 e. The zero-order valence-corrected chi connectivity index (χ0v) is 19.5. The van der Waals surface area contributed by atoms with Crippen molar-refractivity contribution in [2.24, 2.45) is 0 Å². The predicted octanol–water partition coefficient (Wildman–Crippen LogP) is 7.21. The fourth-order valence-corrected chi connectivity index (χ4v) is 1.69. The van der Waals surface area contributed by atoms with Crippen molar-refractivity contribution in [2.45, 2.75) is 33.6 Å². The summed E-state index contributed by atoms with van der Waals surface area (Å²) in [5, 5.41) is 7.89. The van der Waals surface area contributed by atoms with E-state index in [9.17, 15) is 9.59 Å². The van der Waals surface area contributed by atoms with Crippen LogP contribution >= 0.6 is 0 Å². The van der Waals surface area contributed by atoms with Gasteiger partial charge in [-0.25, -0.2) is 9.59 Å². The van der Waals surface area contributed by atoms with Crippen LogP contribution < -0.4 is 0 Å². The molecule has 2 aromatic rings. The minimum Gasteiger partial charge on any atom is -0.478 e. The number of carbonyl (C=O) groups is 2. The smallest absolute Gasteiger partial charge is 0.330 e. The first-order valence-corrected chi connectivity index (χ1v) is 10.3. The maximum absolute atomic E-state index is 10.3. The number of carboxylic acids is 1. The van der Waals surface area contributed by atoms with Gasteiger partial charge >= 0.3 is 11.9 Å². The number of esters is 1. The molecule has 0 aliphatic heterocycles. The standard InChI is InChI=1S/C9H10.C8H8.C7H12O2.C4H6O2/c1-8(2)9-6-4-3-5-7-9;1-2-8-6-4-3-5-7-8;1-3-5-6-9-7(8)4-2;1-3(2)4(5)6/h3-7H,1H2,2H3;2-7H,1H2;4H,2-3,5-6H2,1H3;1H2,2H3,(H,5,6). The maximum atomic E-state index is 10.3. The van der Waals surface area contributed by atoms with Crippen LogP contribution in [0.15, 0.2) is 98.6 Å². The van der Waals surface area contributed by atoms with E-state index in [1.807, 2.05) is 68.5 Å². The van der Waals surface area contributed by atoms with Crippen molar-refractivity contribution in [3.8, 4) is 0 Å².